The van der Waals surface area contributed by atoms with Crippen LogP contribution in [0.25, 0.3) is 4.96 Å². The summed E-state index contributed by atoms with van der Waals surface area (Å²) in [6, 6.07) is 11.0. The summed E-state index contributed by atoms with van der Waals surface area (Å²) >= 11 is 1.37. The maximum Gasteiger partial charge on any atom is 0.410 e. The van der Waals surface area contributed by atoms with Crippen LogP contribution in [0.3, 0.4) is 0 Å². The van der Waals surface area contributed by atoms with Gasteiger partial charge in [0.25, 0.3) is 5.56 Å². The zero-order valence-electron chi connectivity index (χ0n) is 15.9. The van der Waals surface area contributed by atoms with Crippen LogP contribution in [0, 0.1) is 0 Å². The summed E-state index contributed by atoms with van der Waals surface area (Å²) in [4.78, 5) is 31.8. The second-order valence-electron chi connectivity index (χ2n) is 7.20. The molecule has 0 N–H and O–H groups in total. The first-order valence-corrected chi connectivity index (χ1v) is 10.2. The second-order valence-corrected chi connectivity index (χ2v) is 8.19. The summed E-state index contributed by atoms with van der Waals surface area (Å²) in [6.07, 6.45) is 1.32. The average Bonchev–Trinajstić information content (AvgIpc) is 3.33. The van der Waals surface area contributed by atoms with Crippen LogP contribution in [-0.2, 0) is 11.3 Å². The van der Waals surface area contributed by atoms with Crippen molar-refractivity contribution in [2.24, 2.45) is 0 Å². The molecule has 1 aliphatic heterocycles. The van der Waals surface area contributed by atoms with Gasteiger partial charge in [-0.1, -0.05) is 55.5 Å². The minimum atomic E-state index is -0.353. The SMILES string of the molecule is CC(C)c1cc(=O)n2nc(C3CCCN3C(=O)OCc3ccccc3)sc2n1. The van der Waals surface area contributed by atoms with E-state index >= 15 is 0 Å². The summed E-state index contributed by atoms with van der Waals surface area (Å²) in [6.45, 7) is 4.86. The van der Waals surface area contributed by atoms with Gasteiger partial charge >= 0.3 is 6.09 Å². The molecular formula is C20H22N4O3S. The van der Waals surface area contributed by atoms with Crippen molar-refractivity contribution in [3.05, 3.63) is 63.0 Å². The van der Waals surface area contributed by atoms with Gasteiger partial charge < -0.3 is 4.74 Å². The van der Waals surface area contributed by atoms with E-state index in [2.05, 4.69) is 10.1 Å². The minimum Gasteiger partial charge on any atom is -0.445 e. The smallest absolute Gasteiger partial charge is 0.410 e. The zero-order valence-corrected chi connectivity index (χ0v) is 16.7. The molecule has 1 atom stereocenters. The number of carbonyl (C=O) groups excluding carboxylic acids is 1. The van der Waals surface area contributed by atoms with E-state index in [4.69, 9.17) is 4.74 Å². The van der Waals surface area contributed by atoms with E-state index in [-0.39, 0.29) is 30.2 Å². The number of amides is 1. The van der Waals surface area contributed by atoms with Gasteiger partial charge in [0, 0.05) is 12.6 Å². The molecule has 1 fully saturated rings. The lowest BCUT2D eigenvalue weighted by Gasteiger charge is -2.22. The second kappa shape index (κ2) is 7.71. The first-order chi connectivity index (χ1) is 13.5. The Morgan fingerprint density at radius 1 is 1.32 bits per heavy atom. The van der Waals surface area contributed by atoms with Crippen LogP contribution in [-0.4, -0.2) is 32.1 Å². The number of aromatic nitrogens is 3. The number of benzene rings is 1. The Morgan fingerprint density at radius 3 is 2.86 bits per heavy atom. The highest BCUT2D eigenvalue weighted by Crippen LogP contribution is 2.34. The molecule has 0 spiro atoms. The van der Waals surface area contributed by atoms with E-state index in [9.17, 15) is 9.59 Å². The highest BCUT2D eigenvalue weighted by molar-refractivity contribution is 7.16. The van der Waals surface area contributed by atoms with Crippen molar-refractivity contribution in [3.63, 3.8) is 0 Å². The van der Waals surface area contributed by atoms with E-state index in [0.717, 1.165) is 29.1 Å². The van der Waals surface area contributed by atoms with Crippen LogP contribution in [0.1, 0.15) is 54.9 Å². The van der Waals surface area contributed by atoms with Crippen molar-refractivity contribution < 1.29 is 9.53 Å². The molecule has 1 saturated heterocycles. The summed E-state index contributed by atoms with van der Waals surface area (Å²) in [5.41, 5.74) is 1.52. The van der Waals surface area contributed by atoms with E-state index in [1.165, 1.54) is 21.9 Å². The van der Waals surface area contributed by atoms with Gasteiger partial charge in [-0.2, -0.15) is 9.61 Å². The molecule has 0 saturated carbocycles. The zero-order chi connectivity index (χ0) is 19.7. The van der Waals surface area contributed by atoms with Gasteiger partial charge in [0.1, 0.15) is 11.6 Å². The summed E-state index contributed by atoms with van der Waals surface area (Å²) in [5.74, 6) is 0.166. The molecule has 2 aromatic heterocycles. The molecule has 8 heteroatoms. The normalized spacial score (nSPS) is 16.8. The van der Waals surface area contributed by atoms with Crippen LogP contribution in [0.2, 0.25) is 0 Å². The Hall–Kier alpha value is -2.74. The van der Waals surface area contributed by atoms with Crippen molar-refractivity contribution in [3.8, 4) is 0 Å². The topological polar surface area (TPSA) is 76.8 Å². The number of hydrogen-bond acceptors (Lipinski definition) is 6. The lowest BCUT2D eigenvalue weighted by Crippen LogP contribution is -2.31. The highest BCUT2D eigenvalue weighted by Gasteiger charge is 2.34. The predicted molar refractivity (Wildman–Crippen MR) is 107 cm³/mol. The van der Waals surface area contributed by atoms with Gasteiger partial charge in [-0.25, -0.2) is 9.78 Å². The lowest BCUT2D eigenvalue weighted by atomic mass is 10.1. The van der Waals surface area contributed by atoms with Gasteiger partial charge in [0.15, 0.2) is 0 Å². The van der Waals surface area contributed by atoms with E-state index in [1.807, 2.05) is 44.2 Å². The summed E-state index contributed by atoms with van der Waals surface area (Å²) < 4.78 is 6.82. The van der Waals surface area contributed by atoms with Crippen LogP contribution in [0.5, 0.6) is 0 Å². The highest BCUT2D eigenvalue weighted by atomic mass is 32.1. The number of nitrogens with zero attached hydrogens (tertiary/aromatic N) is 4. The largest absolute Gasteiger partial charge is 0.445 e. The first kappa shape index (κ1) is 18.6. The molecule has 3 heterocycles. The van der Waals surface area contributed by atoms with Gasteiger partial charge in [0.05, 0.1) is 11.7 Å². The number of fused-ring (bicyclic) bond motifs is 1. The van der Waals surface area contributed by atoms with Gasteiger partial charge in [0.2, 0.25) is 4.96 Å². The standard InChI is InChI=1S/C20H22N4O3S/c1-13(2)15-11-17(25)24-19(21-15)28-18(22-24)16-9-6-10-23(16)20(26)27-12-14-7-4-3-5-8-14/h3-5,7-8,11,13,16H,6,9-10,12H2,1-2H3. The maximum atomic E-state index is 12.6. The van der Waals surface area contributed by atoms with Crippen molar-refractivity contribution >= 4 is 22.4 Å². The number of rotatable bonds is 4. The molecule has 1 aromatic carbocycles. The number of likely N-dealkylation sites (tertiary alicyclic amines) is 1. The number of carbonyl (C=O) groups is 1. The first-order valence-electron chi connectivity index (χ1n) is 9.41. The lowest BCUT2D eigenvalue weighted by molar-refractivity contribution is 0.0919. The Labute approximate surface area is 166 Å². The Bertz CT molecular complexity index is 1040. The molecule has 1 unspecified atom stereocenters. The molecular weight excluding hydrogens is 376 g/mol. The monoisotopic (exact) mass is 398 g/mol. The van der Waals surface area contributed by atoms with E-state index in [1.54, 1.807) is 4.90 Å². The molecule has 146 valence electrons. The fraction of sp³-hybridized carbons (Fsp3) is 0.400. The minimum absolute atomic E-state index is 0.166. The third kappa shape index (κ3) is 3.64. The van der Waals surface area contributed by atoms with Crippen molar-refractivity contribution in [2.75, 3.05) is 6.54 Å². The molecule has 0 aliphatic carbocycles. The van der Waals surface area contributed by atoms with Gasteiger partial charge in [-0.05, 0) is 24.3 Å². The number of hydrogen-bond donors (Lipinski definition) is 0. The Kier molecular flexibility index (Phi) is 5.13. The van der Waals surface area contributed by atoms with Crippen LogP contribution in [0.15, 0.2) is 41.2 Å². The van der Waals surface area contributed by atoms with Gasteiger partial charge in [-0.3, -0.25) is 9.69 Å². The molecule has 1 aliphatic rings. The maximum absolute atomic E-state index is 12.6. The van der Waals surface area contributed by atoms with Crippen molar-refractivity contribution in [2.45, 2.75) is 45.3 Å². The third-order valence-corrected chi connectivity index (χ3v) is 5.86. The van der Waals surface area contributed by atoms with Crippen LogP contribution >= 0.6 is 11.3 Å². The molecule has 7 nitrogen and oxygen atoms in total. The Balaban J connectivity index is 1.55. The molecule has 0 radical (unpaired) electrons. The Morgan fingerprint density at radius 2 is 2.11 bits per heavy atom. The van der Waals surface area contributed by atoms with Gasteiger partial charge in [-0.15, -0.1) is 0 Å². The van der Waals surface area contributed by atoms with E-state index < -0.39 is 0 Å². The molecule has 3 aromatic rings. The summed E-state index contributed by atoms with van der Waals surface area (Å²) in [5, 5.41) is 5.18. The van der Waals surface area contributed by atoms with E-state index in [0.29, 0.717) is 11.5 Å². The predicted octanol–water partition coefficient (Wildman–Crippen LogP) is 3.75. The molecule has 28 heavy (non-hydrogen) atoms. The van der Waals surface area contributed by atoms with Crippen LogP contribution in [0.4, 0.5) is 4.79 Å². The molecule has 1 amide bonds. The van der Waals surface area contributed by atoms with Crippen molar-refractivity contribution in [1.29, 1.82) is 0 Å². The molecule has 4 rings (SSSR count). The fourth-order valence-corrected chi connectivity index (χ4v) is 4.38. The fourth-order valence-electron chi connectivity index (χ4n) is 3.32. The summed E-state index contributed by atoms with van der Waals surface area (Å²) in [7, 11) is 0. The number of ether oxygens (including phenoxy) is 1. The average molecular weight is 398 g/mol. The van der Waals surface area contributed by atoms with Crippen molar-refractivity contribution in [1.82, 2.24) is 19.5 Å². The molecule has 0 bridgehead atoms. The quantitative estimate of drug-likeness (QED) is 0.669. The van der Waals surface area contributed by atoms with Crippen LogP contribution < -0.4 is 5.56 Å². The third-order valence-electron chi connectivity index (χ3n) is 4.85.